The quantitative estimate of drug-likeness (QED) is 0.280. The van der Waals surface area contributed by atoms with E-state index in [0.717, 1.165) is 28.9 Å². The summed E-state index contributed by atoms with van der Waals surface area (Å²) in [6.07, 6.45) is 23.4. The number of allylic oxidation sites excluding steroid dienone is 4. The lowest BCUT2D eigenvalue weighted by atomic mass is 9.79. The van der Waals surface area contributed by atoms with Crippen molar-refractivity contribution >= 4 is 22.6 Å². The fourth-order valence-electron chi connectivity index (χ4n) is 7.24. The number of aromatic nitrogens is 1. The van der Waals surface area contributed by atoms with Gasteiger partial charge in [0.15, 0.2) is 0 Å². The molecule has 0 spiro atoms. The average Bonchev–Trinajstić information content (AvgIpc) is 3.57. The number of likely N-dealkylation sites (tertiary alicyclic amines) is 1. The molecule has 4 heteroatoms. The largest absolute Gasteiger partial charge is 0.460 e. The maximum absolute atomic E-state index is 9.19. The van der Waals surface area contributed by atoms with Crippen molar-refractivity contribution in [3.63, 3.8) is 0 Å². The second-order valence-corrected chi connectivity index (χ2v) is 11.0. The first kappa shape index (κ1) is 23.2. The zero-order valence-corrected chi connectivity index (χ0v) is 21.9. The first-order chi connectivity index (χ1) is 19.8. The summed E-state index contributed by atoms with van der Waals surface area (Å²) in [6.45, 7) is 0. The summed E-state index contributed by atoms with van der Waals surface area (Å²) in [5.74, 6) is 1.76. The molecule has 1 fully saturated rings. The van der Waals surface area contributed by atoms with Gasteiger partial charge in [-0.1, -0.05) is 97.1 Å². The van der Waals surface area contributed by atoms with E-state index in [2.05, 4.69) is 119 Å². The number of para-hydroxylation sites is 1. The Labute approximate surface area is 233 Å². The van der Waals surface area contributed by atoms with E-state index < -0.39 is 0 Å². The van der Waals surface area contributed by atoms with Crippen LogP contribution < -0.4 is 0 Å². The van der Waals surface area contributed by atoms with E-state index in [-0.39, 0.29) is 18.0 Å². The minimum Gasteiger partial charge on any atom is -0.460 e. The summed E-state index contributed by atoms with van der Waals surface area (Å²) in [5.41, 5.74) is 7.34. The molecule has 4 nitrogen and oxygen atoms in total. The van der Waals surface area contributed by atoms with Crippen LogP contribution in [0.25, 0.3) is 33.7 Å². The molecular formula is C36H27N3O. The van der Waals surface area contributed by atoms with Gasteiger partial charge in [0.2, 0.25) is 0 Å². The molecule has 0 N–H and O–H groups in total. The van der Waals surface area contributed by atoms with E-state index in [9.17, 15) is 5.26 Å². The Kier molecular flexibility index (Phi) is 5.33. The summed E-state index contributed by atoms with van der Waals surface area (Å²) >= 11 is 0. The minimum atomic E-state index is 0.251. The zero-order chi connectivity index (χ0) is 26.6. The summed E-state index contributed by atoms with van der Waals surface area (Å²) in [7, 11) is 0. The summed E-state index contributed by atoms with van der Waals surface area (Å²) in [5, 5.41) is 10.4. The standard InChI is InChI=1S/C36H27N3O/c37-21-25-17-16-24(22-38-25)28-11-2-1-10-27(28)23-8-7-9-26(20-23)39-32-14-5-3-13-31(32)35-33(39)19-18-30-29-12-4-6-15-34(29)40-36(30)35/h1-19,22,26,31-33,35H,20H2. The van der Waals surface area contributed by atoms with Crippen LogP contribution in [0.15, 0.2) is 120 Å². The summed E-state index contributed by atoms with van der Waals surface area (Å²) < 4.78 is 6.57. The number of benzene rings is 2. The molecule has 3 heterocycles. The molecule has 40 heavy (non-hydrogen) atoms. The lowest BCUT2D eigenvalue weighted by Gasteiger charge is -2.37. The Balaban J connectivity index is 1.16. The highest BCUT2D eigenvalue weighted by molar-refractivity contribution is 5.90. The molecule has 3 aliphatic carbocycles. The van der Waals surface area contributed by atoms with Crippen molar-refractivity contribution < 1.29 is 4.42 Å². The molecule has 0 amide bonds. The number of fused-ring (bicyclic) bond motifs is 7. The van der Waals surface area contributed by atoms with E-state index >= 15 is 0 Å². The SMILES string of the molecule is N#Cc1ccc(-c2ccccc2C2=CC=CC(N3C4C=CC=CC4C4c5oc6ccccc6c5C=CC43)C2)cn1. The van der Waals surface area contributed by atoms with E-state index in [0.29, 0.717) is 17.7 Å². The average molecular weight is 518 g/mol. The van der Waals surface area contributed by atoms with E-state index in [1.54, 1.807) is 12.3 Å². The van der Waals surface area contributed by atoms with Crippen LogP contribution in [0, 0.1) is 17.2 Å². The molecule has 4 aliphatic rings. The van der Waals surface area contributed by atoms with Gasteiger partial charge in [-0.15, -0.1) is 0 Å². The van der Waals surface area contributed by atoms with Gasteiger partial charge in [0.25, 0.3) is 0 Å². The second-order valence-electron chi connectivity index (χ2n) is 11.0. The Morgan fingerprint density at radius 2 is 1.70 bits per heavy atom. The third kappa shape index (κ3) is 3.52. The highest BCUT2D eigenvalue weighted by Gasteiger charge is 2.52. The maximum Gasteiger partial charge on any atom is 0.140 e. The number of hydrogen-bond donors (Lipinski definition) is 0. The van der Waals surface area contributed by atoms with Crippen molar-refractivity contribution in [1.29, 1.82) is 5.26 Å². The fourth-order valence-corrected chi connectivity index (χ4v) is 7.24. The van der Waals surface area contributed by atoms with Crippen LogP contribution in [-0.2, 0) is 0 Å². The molecule has 1 saturated heterocycles. The molecule has 192 valence electrons. The lowest BCUT2D eigenvalue weighted by molar-refractivity contribution is 0.194. The molecular weight excluding hydrogens is 490 g/mol. The van der Waals surface area contributed by atoms with Crippen LogP contribution in [0.2, 0.25) is 0 Å². The van der Waals surface area contributed by atoms with Gasteiger partial charge in [0.05, 0.1) is 0 Å². The molecule has 5 atom stereocenters. The third-order valence-corrected chi connectivity index (χ3v) is 8.95. The van der Waals surface area contributed by atoms with Crippen LogP contribution in [-0.4, -0.2) is 28.0 Å². The Morgan fingerprint density at radius 3 is 2.58 bits per heavy atom. The van der Waals surface area contributed by atoms with Crippen molar-refractivity contribution in [3.8, 4) is 17.2 Å². The molecule has 4 aromatic rings. The van der Waals surface area contributed by atoms with Gasteiger partial charge in [-0.05, 0) is 41.3 Å². The number of nitriles is 1. The van der Waals surface area contributed by atoms with Crippen LogP contribution in [0.5, 0.6) is 0 Å². The number of hydrogen-bond acceptors (Lipinski definition) is 4. The zero-order valence-electron chi connectivity index (χ0n) is 21.9. The smallest absolute Gasteiger partial charge is 0.140 e. The van der Waals surface area contributed by atoms with Crippen molar-refractivity contribution in [2.75, 3.05) is 0 Å². The molecule has 1 aliphatic heterocycles. The topological polar surface area (TPSA) is 53.1 Å². The number of furan rings is 1. The summed E-state index contributed by atoms with van der Waals surface area (Å²) in [4.78, 5) is 7.03. The van der Waals surface area contributed by atoms with Crippen molar-refractivity contribution in [1.82, 2.24) is 9.88 Å². The normalized spacial score (nSPS) is 26.3. The molecule has 2 aromatic carbocycles. The first-order valence-electron chi connectivity index (χ1n) is 14.0. The van der Waals surface area contributed by atoms with E-state index in [4.69, 9.17) is 4.42 Å². The maximum atomic E-state index is 9.19. The number of rotatable bonds is 3. The predicted molar refractivity (Wildman–Crippen MR) is 159 cm³/mol. The highest BCUT2D eigenvalue weighted by atomic mass is 16.3. The monoisotopic (exact) mass is 517 g/mol. The molecule has 2 aromatic heterocycles. The molecule has 0 bridgehead atoms. The van der Waals surface area contributed by atoms with Gasteiger partial charge in [-0.25, -0.2) is 4.98 Å². The van der Waals surface area contributed by atoms with Gasteiger partial charge in [0.1, 0.15) is 23.1 Å². The van der Waals surface area contributed by atoms with Crippen LogP contribution in [0.1, 0.15) is 34.9 Å². The van der Waals surface area contributed by atoms with Gasteiger partial charge in [-0.2, -0.15) is 5.26 Å². The van der Waals surface area contributed by atoms with Crippen molar-refractivity contribution in [3.05, 3.63) is 138 Å². The van der Waals surface area contributed by atoms with E-state index in [1.807, 2.05) is 6.07 Å². The van der Waals surface area contributed by atoms with Gasteiger partial charge in [0, 0.05) is 52.7 Å². The Hall–Kier alpha value is -4.72. The third-order valence-electron chi connectivity index (χ3n) is 8.95. The van der Waals surface area contributed by atoms with Gasteiger partial charge < -0.3 is 4.42 Å². The molecule has 0 radical (unpaired) electrons. The van der Waals surface area contributed by atoms with Gasteiger partial charge >= 0.3 is 0 Å². The second kappa shape index (κ2) is 9.19. The van der Waals surface area contributed by atoms with Crippen molar-refractivity contribution in [2.24, 2.45) is 5.92 Å². The van der Waals surface area contributed by atoms with Crippen molar-refractivity contribution in [2.45, 2.75) is 30.5 Å². The predicted octanol–water partition coefficient (Wildman–Crippen LogP) is 7.68. The lowest BCUT2D eigenvalue weighted by Crippen LogP contribution is -2.44. The molecule has 5 unspecified atom stereocenters. The Morgan fingerprint density at radius 1 is 0.850 bits per heavy atom. The molecule has 0 saturated carbocycles. The van der Waals surface area contributed by atoms with E-state index in [1.165, 1.54) is 22.1 Å². The molecule has 8 rings (SSSR count). The van der Waals surface area contributed by atoms with Crippen LogP contribution >= 0.6 is 0 Å². The highest BCUT2D eigenvalue weighted by Crippen LogP contribution is 2.52. The minimum absolute atomic E-state index is 0.251. The fraction of sp³-hybridized carbons (Fsp3) is 0.167. The van der Waals surface area contributed by atoms with Crippen LogP contribution in [0.3, 0.4) is 0 Å². The van der Waals surface area contributed by atoms with Gasteiger partial charge in [-0.3, -0.25) is 4.90 Å². The van der Waals surface area contributed by atoms with Crippen LogP contribution in [0.4, 0.5) is 0 Å². The number of pyridine rings is 1. The first-order valence-corrected chi connectivity index (χ1v) is 14.0. The summed E-state index contributed by atoms with van der Waals surface area (Å²) in [6, 6.07) is 23.6. The Bertz CT molecular complexity index is 1830. The number of nitrogens with zero attached hydrogens (tertiary/aromatic N) is 3.